The van der Waals surface area contributed by atoms with Crippen molar-refractivity contribution in [3.05, 3.63) is 51.5 Å². The maximum absolute atomic E-state index is 12.3. The predicted molar refractivity (Wildman–Crippen MR) is 108 cm³/mol. The first-order chi connectivity index (χ1) is 12.5. The number of benzene rings is 2. The van der Waals surface area contributed by atoms with Crippen LogP contribution in [0.2, 0.25) is 15.1 Å². The Morgan fingerprint density at radius 3 is 2.46 bits per heavy atom. The van der Waals surface area contributed by atoms with E-state index in [0.717, 1.165) is 24.5 Å². The zero-order valence-electron chi connectivity index (χ0n) is 14.1. The van der Waals surface area contributed by atoms with Crippen LogP contribution in [0.4, 0.5) is 11.4 Å². The Bertz CT molecular complexity index is 792. The van der Waals surface area contributed by atoms with Crippen LogP contribution in [0.25, 0.3) is 0 Å². The number of ether oxygens (including phenoxy) is 1. The third-order valence-electron chi connectivity index (χ3n) is 4.21. The first-order valence-electron chi connectivity index (χ1n) is 8.46. The highest BCUT2D eigenvalue weighted by atomic mass is 35.5. The summed E-state index contributed by atoms with van der Waals surface area (Å²) in [6.45, 7) is 1.83. The van der Waals surface area contributed by atoms with Gasteiger partial charge in [0, 0.05) is 19.2 Å². The van der Waals surface area contributed by atoms with E-state index in [2.05, 4.69) is 10.2 Å². The Labute approximate surface area is 168 Å². The zero-order chi connectivity index (χ0) is 18.5. The van der Waals surface area contributed by atoms with Gasteiger partial charge in [-0.15, -0.1) is 0 Å². The molecular weight excluding hydrogens is 395 g/mol. The molecule has 0 aromatic heterocycles. The average Bonchev–Trinajstić information content (AvgIpc) is 2.65. The molecule has 1 aliphatic heterocycles. The van der Waals surface area contributed by atoms with E-state index in [-0.39, 0.29) is 12.5 Å². The number of carbonyl (C=O) groups excluding carboxylic acids is 1. The maximum atomic E-state index is 12.3. The van der Waals surface area contributed by atoms with Gasteiger partial charge < -0.3 is 15.0 Å². The van der Waals surface area contributed by atoms with Crippen molar-refractivity contribution in [2.24, 2.45) is 0 Å². The van der Waals surface area contributed by atoms with Gasteiger partial charge in [0.05, 0.1) is 26.4 Å². The standard InChI is InChI=1S/C19H19Cl3N2O2/c20-13-10-15(22)18(11-14(13)21)26-12-19(25)23-16-6-2-3-7-17(16)24-8-4-1-5-9-24/h2-3,6-7,10-11H,1,4-5,8-9,12H2,(H,23,25). The predicted octanol–water partition coefficient (Wildman–Crippen LogP) is 5.65. The molecule has 4 nitrogen and oxygen atoms in total. The topological polar surface area (TPSA) is 41.6 Å². The number of rotatable bonds is 5. The van der Waals surface area contributed by atoms with E-state index in [9.17, 15) is 4.79 Å². The van der Waals surface area contributed by atoms with Crippen molar-refractivity contribution >= 4 is 52.1 Å². The summed E-state index contributed by atoms with van der Waals surface area (Å²) in [5.74, 6) is 0.0529. The quantitative estimate of drug-likeness (QED) is 0.644. The average molecular weight is 414 g/mol. The van der Waals surface area contributed by atoms with Crippen LogP contribution in [0.1, 0.15) is 19.3 Å². The minimum absolute atomic E-state index is 0.175. The second kappa shape index (κ2) is 8.85. The van der Waals surface area contributed by atoms with Crippen molar-refractivity contribution in [2.75, 3.05) is 29.9 Å². The van der Waals surface area contributed by atoms with Crippen LogP contribution in [0.3, 0.4) is 0 Å². The molecule has 7 heteroatoms. The third-order valence-corrected chi connectivity index (χ3v) is 5.23. The first kappa shape index (κ1) is 19.2. The maximum Gasteiger partial charge on any atom is 0.262 e. The lowest BCUT2D eigenvalue weighted by Gasteiger charge is -2.30. The number of anilines is 2. The molecule has 1 aliphatic rings. The Morgan fingerprint density at radius 2 is 1.69 bits per heavy atom. The normalized spacial score (nSPS) is 14.2. The summed E-state index contributed by atoms with van der Waals surface area (Å²) < 4.78 is 5.49. The number of halogens is 3. The molecule has 1 heterocycles. The van der Waals surface area contributed by atoms with Crippen LogP contribution in [0, 0.1) is 0 Å². The van der Waals surface area contributed by atoms with Crippen LogP contribution >= 0.6 is 34.8 Å². The largest absolute Gasteiger partial charge is 0.482 e. The van der Waals surface area contributed by atoms with Crippen LogP contribution in [-0.2, 0) is 4.79 Å². The van der Waals surface area contributed by atoms with E-state index in [1.807, 2.05) is 24.3 Å². The van der Waals surface area contributed by atoms with Gasteiger partial charge in [-0.2, -0.15) is 0 Å². The molecule has 0 atom stereocenters. The Kier molecular flexibility index (Phi) is 6.52. The second-order valence-corrected chi connectivity index (χ2v) is 7.32. The molecule has 2 aromatic rings. The molecule has 2 aromatic carbocycles. The van der Waals surface area contributed by atoms with Gasteiger partial charge in [-0.1, -0.05) is 46.9 Å². The number of hydrogen-bond donors (Lipinski definition) is 1. The molecule has 0 unspecified atom stereocenters. The molecule has 0 bridgehead atoms. The van der Waals surface area contributed by atoms with Crippen LogP contribution in [0.5, 0.6) is 5.75 Å². The molecule has 3 rings (SSSR count). The van der Waals surface area contributed by atoms with Crippen molar-refractivity contribution in [1.29, 1.82) is 0 Å². The van der Waals surface area contributed by atoms with Gasteiger partial charge in [-0.05, 0) is 37.5 Å². The highest BCUT2D eigenvalue weighted by molar-refractivity contribution is 6.43. The summed E-state index contributed by atoms with van der Waals surface area (Å²) in [6.07, 6.45) is 3.59. The third kappa shape index (κ3) is 4.76. The monoisotopic (exact) mass is 412 g/mol. The number of carbonyl (C=O) groups is 1. The number of nitrogens with one attached hydrogen (secondary N) is 1. The fourth-order valence-corrected chi connectivity index (χ4v) is 3.53. The van der Waals surface area contributed by atoms with Crippen LogP contribution < -0.4 is 15.0 Å². The smallest absolute Gasteiger partial charge is 0.262 e. The molecule has 0 radical (unpaired) electrons. The summed E-state index contributed by atoms with van der Waals surface area (Å²) in [7, 11) is 0. The highest BCUT2D eigenvalue weighted by Gasteiger charge is 2.16. The van der Waals surface area contributed by atoms with E-state index in [4.69, 9.17) is 39.5 Å². The lowest BCUT2D eigenvalue weighted by molar-refractivity contribution is -0.118. The van der Waals surface area contributed by atoms with Gasteiger partial charge in [0.25, 0.3) is 5.91 Å². The van der Waals surface area contributed by atoms with Crippen molar-refractivity contribution in [3.63, 3.8) is 0 Å². The molecule has 0 saturated carbocycles. The van der Waals surface area contributed by atoms with E-state index in [1.165, 1.54) is 31.4 Å². The number of piperidine rings is 1. The number of amides is 1. The van der Waals surface area contributed by atoms with Crippen molar-refractivity contribution in [1.82, 2.24) is 0 Å². The fourth-order valence-electron chi connectivity index (χ4n) is 2.93. The lowest BCUT2D eigenvalue weighted by Crippen LogP contribution is -2.30. The van der Waals surface area contributed by atoms with Gasteiger partial charge in [-0.25, -0.2) is 0 Å². The molecule has 1 N–H and O–H groups in total. The molecule has 1 fully saturated rings. The summed E-state index contributed by atoms with van der Waals surface area (Å²) in [5.41, 5.74) is 1.82. The summed E-state index contributed by atoms with van der Waals surface area (Å²) in [4.78, 5) is 14.6. The Morgan fingerprint density at radius 1 is 1.00 bits per heavy atom. The van der Waals surface area contributed by atoms with Gasteiger partial charge in [0.15, 0.2) is 6.61 Å². The highest BCUT2D eigenvalue weighted by Crippen LogP contribution is 2.34. The zero-order valence-corrected chi connectivity index (χ0v) is 16.4. The molecule has 1 saturated heterocycles. The summed E-state index contributed by atoms with van der Waals surface area (Å²) in [6, 6.07) is 10.8. The fraction of sp³-hybridized carbons (Fsp3) is 0.316. The van der Waals surface area contributed by atoms with E-state index in [1.54, 1.807) is 0 Å². The molecule has 26 heavy (non-hydrogen) atoms. The van der Waals surface area contributed by atoms with Gasteiger partial charge >= 0.3 is 0 Å². The second-order valence-electron chi connectivity index (χ2n) is 6.10. The van der Waals surface area contributed by atoms with Crippen molar-refractivity contribution < 1.29 is 9.53 Å². The van der Waals surface area contributed by atoms with E-state index in [0.29, 0.717) is 20.8 Å². The number of hydrogen-bond acceptors (Lipinski definition) is 3. The minimum Gasteiger partial charge on any atom is -0.482 e. The molecule has 1 amide bonds. The van der Waals surface area contributed by atoms with E-state index >= 15 is 0 Å². The lowest BCUT2D eigenvalue weighted by atomic mass is 10.1. The van der Waals surface area contributed by atoms with Crippen LogP contribution in [-0.4, -0.2) is 25.6 Å². The SMILES string of the molecule is O=C(COc1cc(Cl)c(Cl)cc1Cl)Nc1ccccc1N1CCCCC1. The molecule has 0 aliphatic carbocycles. The van der Waals surface area contributed by atoms with Crippen LogP contribution in [0.15, 0.2) is 36.4 Å². The van der Waals surface area contributed by atoms with Gasteiger partial charge in [-0.3, -0.25) is 4.79 Å². The summed E-state index contributed by atoms with van der Waals surface area (Å²) >= 11 is 17.9. The summed E-state index contributed by atoms with van der Waals surface area (Å²) in [5, 5.41) is 3.88. The van der Waals surface area contributed by atoms with Gasteiger partial charge in [0.2, 0.25) is 0 Å². The van der Waals surface area contributed by atoms with Crippen molar-refractivity contribution in [3.8, 4) is 5.75 Å². The molecule has 0 spiro atoms. The Balaban J connectivity index is 1.64. The minimum atomic E-state index is -0.267. The van der Waals surface area contributed by atoms with Gasteiger partial charge in [0.1, 0.15) is 5.75 Å². The first-order valence-corrected chi connectivity index (χ1v) is 9.59. The number of nitrogens with zero attached hydrogens (tertiary/aromatic N) is 1. The Hall–Kier alpha value is -1.62. The van der Waals surface area contributed by atoms with Crippen molar-refractivity contribution in [2.45, 2.75) is 19.3 Å². The molecular formula is C19H19Cl3N2O2. The number of para-hydroxylation sites is 2. The van der Waals surface area contributed by atoms with E-state index < -0.39 is 0 Å². The molecule has 138 valence electrons.